The molecule has 0 N–H and O–H groups in total. The molecular formula is C28H29F4N3O3S. The molecule has 1 saturated heterocycles. The highest BCUT2D eigenvalue weighted by Gasteiger charge is 2.34. The maximum absolute atomic E-state index is 13.4. The molecule has 0 bridgehead atoms. The zero-order valence-electron chi connectivity index (χ0n) is 21.4. The summed E-state index contributed by atoms with van der Waals surface area (Å²) in [7, 11) is -4.09. The quantitative estimate of drug-likeness (QED) is 0.370. The van der Waals surface area contributed by atoms with E-state index in [1.54, 1.807) is 29.2 Å². The second-order valence-corrected chi connectivity index (χ2v) is 11.4. The lowest BCUT2D eigenvalue weighted by molar-refractivity contribution is -0.137. The van der Waals surface area contributed by atoms with E-state index in [9.17, 15) is 30.8 Å². The lowest BCUT2D eigenvalue weighted by Gasteiger charge is -2.35. The monoisotopic (exact) mass is 563 g/mol. The number of nitrogens with zero attached hydrogens (tertiary/aromatic N) is 3. The van der Waals surface area contributed by atoms with Crippen LogP contribution in [0.15, 0.2) is 77.7 Å². The van der Waals surface area contributed by atoms with Crippen LogP contribution in [0.1, 0.15) is 27.0 Å². The van der Waals surface area contributed by atoms with Crippen molar-refractivity contribution in [3.63, 3.8) is 0 Å². The van der Waals surface area contributed by atoms with Crippen molar-refractivity contribution in [1.29, 1.82) is 0 Å². The number of hydrogen-bond acceptors (Lipinski definition) is 4. The molecule has 1 amide bonds. The van der Waals surface area contributed by atoms with Gasteiger partial charge in [0.05, 0.1) is 10.5 Å². The van der Waals surface area contributed by atoms with E-state index in [-0.39, 0.29) is 36.3 Å². The predicted octanol–water partition coefficient (Wildman–Crippen LogP) is 4.80. The third-order valence-electron chi connectivity index (χ3n) is 6.69. The first-order valence-electron chi connectivity index (χ1n) is 12.4. The topological polar surface area (TPSA) is 60.9 Å². The van der Waals surface area contributed by atoms with Gasteiger partial charge < -0.3 is 4.90 Å². The molecule has 3 aromatic rings. The van der Waals surface area contributed by atoms with Gasteiger partial charge in [-0.3, -0.25) is 9.69 Å². The van der Waals surface area contributed by atoms with Crippen molar-refractivity contribution in [3.05, 3.63) is 101 Å². The average Bonchev–Trinajstić information content (AvgIpc) is 2.92. The van der Waals surface area contributed by atoms with Crippen LogP contribution < -0.4 is 0 Å². The first-order valence-corrected chi connectivity index (χ1v) is 13.9. The molecular weight excluding hydrogens is 534 g/mol. The number of carbonyl (C=O) groups is 1. The number of hydrogen-bond donors (Lipinski definition) is 0. The first-order chi connectivity index (χ1) is 18.4. The molecule has 0 radical (unpaired) electrons. The van der Waals surface area contributed by atoms with E-state index in [0.717, 1.165) is 23.3 Å². The fourth-order valence-electron chi connectivity index (χ4n) is 4.38. The number of carbonyl (C=O) groups excluding carboxylic acids is 1. The minimum Gasteiger partial charge on any atom is -0.333 e. The second kappa shape index (κ2) is 11.8. The first kappa shape index (κ1) is 28.7. The van der Waals surface area contributed by atoms with Gasteiger partial charge in [-0.05, 0) is 55.0 Å². The summed E-state index contributed by atoms with van der Waals surface area (Å²) in [5.41, 5.74) is 1.31. The number of aryl methyl sites for hydroxylation is 1. The maximum Gasteiger partial charge on any atom is 0.416 e. The van der Waals surface area contributed by atoms with Crippen LogP contribution in [0.5, 0.6) is 0 Å². The van der Waals surface area contributed by atoms with Crippen LogP contribution in [-0.4, -0.2) is 67.7 Å². The molecule has 1 aliphatic rings. The van der Waals surface area contributed by atoms with Crippen LogP contribution in [0.2, 0.25) is 0 Å². The largest absolute Gasteiger partial charge is 0.416 e. The highest BCUT2D eigenvalue weighted by Crippen LogP contribution is 2.31. The minimum atomic E-state index is -4.64. The highest BCUT2D eigenvalue weighted by molar-refractivity contribution is 7.89. The van der Waals surface area contributed by atoms with E-state index >= 15 is 0 Å². The fraction of sp³-hybridized carbons (Fsp3) is 0.321. The summed E-state index contributed by atoms with van der Waals surface area (Å²) in [5, 5.41) is 0. The van der Waals surface area contributed by atoms with E-state index in [4.69, 9.17) is 0 Å². The molecule has 208 valence electrons. The molecule has 1 heterocycles. The Balaban J connectivity index is 1.40. The zero-order valence-corrected chi connectivity index (χ0v) is 22.2. The Morgan fingerprint density at radius 1 is 0.923 bits per heavy atom. The molecule has 0 aliphatic carbocycles. The molecule has 0 spiro atoms. The Morgan fingerprint density at radius 3 is 2.18 bits per heavy atom. The van der Waals surface area contributed by atoms with Crippen molar-refractivity contribution in [2.24, 2.45) is 0 Å². The van der Waals surface area contributed by atoms with Gasteiger partial charge in [-0.1, -0.05) is 35.9 Å². The third-order valence-corrected chi connectivity index (χ3v) is 8.58. The number of halogens is 4. The maximum atomic E-state index is 13.4. The van der Waals surface area contributed by atoms with Gasteiger partial charge in [0, 0.05) is 51.4 Å². The van der Waals surface area contributed by atoms with Gasteiger partial charge in [-0.15, -0.1) is 0 Å². The molecule has 0 unspecified atom stereocenters. The van der Waals surface area contributed by atoms with Gasteiger partial charge in [0.25, 0.3) is 5.91 Å². The minimum absolute atomic E-state index is 0.114. The lowest BCUT2D eigenvalue weighted by atomic mass is 10.1. The van der Waals surface area contributed by atoms with Crippen LogP contribution in [0.25, 0.3) is 0 Å². The highest BCUT2D eigenvalue weighted by atomic mass is 32.2. The van der Waals surface area contributed by atoms with Crippen LogP contribution >= 0.6 is 0 Å². The smallest absolute Gasteiger partial charge is 0.333 e. The Bertz CT molecular complexity index is 1390. The molecule has 4 rings (SSSR count). The van der Waals surface area contributed by atoms with Gasteiger partial charge in [0.15, 0.2) is 0 Å². The number of amides is 1. The summed E-state index contributed by atoms with van der Waals surface area (Å²) in [6.07, 6.45) is -4.64. The van der Waals surface area contributed by atoms with Crippen molar-refractivity contribution in [2.45, 2.75) is 24.5 Å². The normalized spacial score (nSPS) is 15.3. The SMILES string of the molecule is Cc1ccc(C(=O)N(CCN2CCN(S(=O)(=O)c3cccc(C(F)(F)F)c3)CC2)Cc2ccc(F)cc2)cc1. The Labute approximate surface area is 225 Å². The van der Waals surface area contributed by atoms with E-state index in [1.165, 1.54) is 22.5 Å². The van der Waals surface area contributed by atoms with Crippen molar-refractivity contribution < 1.29 is 30.8 Å². The van der Waals surface area contributed by atoms with E-state index in [0.29, 0.717) is 37.8 Å². The van der Waals surface area contributed by atoms with Crippen molar-refractivity contribution >= 4 is 15.9 Å². The molecule has 39 heavy (non-hydrogen) atoms. The summed E-state index contributed by atoms with van der Waals surface area (Å²) < 4.78 is 79.8. The Morgan fingerprint density at radius 2 is 1.56 bits per heavy atom. The molecule has 6 nitrogen and oxygen atoms in total. The summed E-state index contributed by atoms with van der Waals surface area (Å²) >= 11 is 0. The summed E-state index contributed by atoms with van der Waals surface area (Å²) in [6.45, 7) is 3.97. The summed E-state index contributed by atoms with van der Waals surface area (Å²) in [6, 6.07) is 16.9. The number of sulfonamides is 1. The third kappa shape index (κ3) is 7.23. The number of alkyl halides is 3. The van der Waals surface area contributed by atoms with E-state index < -0.39 is 21.8 Å². The standard InChI is InChI=1S/C28H29F4N3O3S/c1-21-5-9-23(10-6-21)27(36)34(20-22-7-11-25(29)12-8-22)16-13-33-14-17-35(18-15-33)39(37,38)26-4-2-3-24(19-26)28(30,31)32/h2-12,19H,13-18,20H2,1H3. The van der Waals surface area contributed by atoms with Crippen molar-refractivity contribution in [1.82, 2.24) is 14.1 Å². The molecule has 0 saturated carbocycles. The molecule has 0 aromatic heterocycles. The van der Waals surface area contributed by atoms with Crippen LogP contribution in [0.3, 0.4) is 0 Å². The van der Waals surface area contributed by atoms with Gasteiger partial charge in [-0.25, -0.2) is 12.8 Å². The zero-order chi connectivity index (χ0) is 28.2. The Hall–Kier alpha value is -3.28. The number of benzene rings is 3. The van der Waals surface area contributed by atoms with Gasteiger partial charge in [-0.2, -0.15) is 17.5 Å². The molecule has 3 aromatic carbocycles. The van der Waals surface area contributed by atoms with Crippen LogP contribution in [0.4, 0.5) is 17.6 Å². The van der Waals surface area contributed by atoms with E-state index in [2.05, 4.69) is 0 Å². The van der Waals surface area contributed by atoms with E-state index in [1.807, 2.05) is 24.0 Å². The molecule has 11 heteroatoms. The van der Waals surface area contributed by atoms with Gasteiger partial charge in [0.1, 0.15) is 5.82 Å². The molecule has 1 fully saturated rings. The van der Waals surface area contributed by atoms with Crippen molar-refractivity contribution in [3.8, 4) is 0 Å². The van der Waals surface area contributed by atoms with Gasteiger partial charge in [0.2, 0.25) is 10.0 Å². The lowest BCUT2D eigenvalue weighted by Crippen LogP contribution is -2.50. The molecule has 0 atom stereocenters. The van der Waals surface area contributed by atoms with Crippen LogP contribution in [0, 0.1) is 12.7 Å². The fourth-order valence-corrected chi connectivity index (χ4v) is 5.85. The molecule has 1 aliphatic heterocycles. The van der Waals surface area contributed by atoms with Crippen LogP contribution in [-0.2, 0) is 22.7 Å². The number of rotatable bonds is 8. The Kier molecular flexibility index (Phi) is 8.73. The predicted molar refractivity (Wildman–Crippen MR) is 139 cm³/mol. The average molecular weight is 564 g/mol. The van der Waals surface area contributed by atoms with Crippen molar-refractivity contribution in [2.75, 3.05) is 39.3 Å². The second-order valence-electron chi connectivity index (χ2n) is 9.49. The summed E-state index contributed by atoms with van der Waals surface area (Å²) in [5.74, 6) is -0.543. The number of piperazine rings is 1. The summed E-state index contributed by atoms with van der Waals surface area (Å²) in [4.78, 5) is 16.6. The van der Waals surface area contributed by atoms with Gasteiger partial charge >= 0.3 is 6.18 Å².